The van der Waals surface area contributed by atoms with Crippen LogP contribution >= 0.6 is 0 Å². The topological polar surface area (TPSA) is 110 Å². The molecule has 0 aliphatic heterocycles. The lowest BCUT2D eigenvalue weighted by molar-refractivity contribution is 0.0628. The molecule has 1 saturated carbocycles. The van der Waals surface area contributed by atoms with E-state index in [1.807, 2.05) is 16.8 Å². The number of hydrogen-bond acceptors (Lipinski definition) is 6. The fraction of sp³-hybridized carbons (Fsp3) is 0.350. The monoisotopic (exact) mass is 363 g/mol. The SMILES string of the molecule is CC(C)(O)Cn1cc(-c2ccnc(N)n2)c2cc(C#CC3(O)CC3)ncc21. The molecule has 0 saturated heterocycles. The van der Waals surface area contributed by atoms with Crippen LogP contribution in [0.3, 0.4) is 0 Å². The number of anilines is 1. The highest BCUT2D eigenvalue weighted by molar-refractivity contribution is 5.95. The smallest absolute Gasteiger partial charge is 0.220 e. The van der Waals surface area contributed by atoms with E-state index in [0.717, 1.165) is 16.5 Å². The van der Waals surface area contributed by atoms with Crippen molar-refractivity contribution in [1.82, 2.24) is 19.5 Å². The highest BCUT2D eigenvalue weighted by atomic mass is 16.3. The maximum Gasteiger partial charge on any atom is 0.220 e. The maximum atomic E-state index is 10.3. The minimum Gasteiger partial charge on any atom is -0.389 e. The zero-order valence-electron chi connectivity index (χ0n) is 15.3. The molecule has 4 N–H and O–H groups in total. The van der Waals surface area contributed by atoms with Crippen LogP contribution < -0.4 is 5.73 Å². The summed E-state index contributed by atoms with van der Waals surface area (Å²) in [6.45, 7) is 3.91. The molecule has 0 aromatic carbocycles. The number of nitrogens with zero attached hydrogens (tertiary/aromatic N) is 4. The van der Waals surface area contributed by atoms with Gasteiger partial charge in [0.05, 0.1) is 29.6 Å². The third-order valence-corrected chi connectivity index (χ3v) is 4.42. The molecule has 1 aliphatic rings. The van der Waals surface area contributed by atoms with E-state index in [1.54, 1.807) is 32.3 Å². The minimum atomic E-state index is -0.887. The maximum absolute atomic E-state index is 10.3. The Labute approximate surface area is 156 Å². The van der Waals surface area contributed by atoms with Crippen LogP contribution in [-0.4, -0.2) is 40.9 Å². The van der Waals surface area contributed by atoms with Gasteiger partial charge in [0.25, 0.3) is 0 Å². The van der Waals surface area contributed by atoms with E-state index in [9.17, 15) is 10.2 Å². The zero-order chi connectivity index (χ0) is 19.2. The third-order valence-electron chi connectivity index (χ3n) is 4.42. The van der Waals surface area contributed by atoms with Crippen molar-refractivity contribution in [2.75, 3.05) is 5.73 Å². The summed E-state index contributed by atoms with van der Waals surface area (Å²) in [5, 5.41) is 21.1. The van der Waals surface area contributed by atoms with Crippen molar-refractivity contribution >= 4 is 16.9 Å². The Kier molecular flexibility index (Phi) is 3.91. The number of fused-ring (bicyclic) bond motifs is 1. The number of rotatable bonds is 3. The fourth-order valence-corrected chi connectivity index (χ4v) is 2.96. The molecule has 3 aromatic heterocycles. The standard InChI is InChI=1S/C20H21N5O2/c1-19(2,26)12-25-11-15(16-4-8-22-18(21)24-16)14-9-13(23-10-17(14)25)3-5-20(27)6-7-20/h4,8-11,26-27H,6-7,12H2,1-2H3,(H2,21,22,24). The Bertz CT molecular complexity index is 1080. The molecule has 1 aliphatic carbocycles. The van der Waals surface area contributed by atoms with Gasteiger partial charge in [0.1, 0.15) is 11.3 Å². The van der Waals surface area contributed by atoms with E-state index >= 15 is 0 Å². The molecule has 0 amide bonds. The normalized spacial score (nSPS) is 15.4. The van der Waals surface area contributed by atoms with Crippen molar-refractivity contribution in [2.45, 2.75) is 44.4 Å². The largest absolute Gasteiger partial charge is 0.389 e. The molecule has 3 heterocycles. The molecule has 0 unspecified atom stereocenters. The van der Waals surface area contributed by atoms with Gasteiger partial charge in [-0.1, -0.05) is 5.92 Å². The van der Waals surface area contributed by atoms with Crippen LogP contribution in [0.5, 0.6) is 0 Å². The zero-order valence-corrected chi connectivity index (χ0v) is 15.3. The van der Waals surface area contributed by atoms with Gasteiger partial charge in [-0.25, -0.2) is 15.0 Å². The lowest BCUT2D eigenvalue weighted by atomic mass is 10.1. The van der Waals surface area contributed by atoms with E-state index in [0.29, 0.717) is 30.8 Å². The van der Waals surface area contributed by atoms with E-state index in [1.165, 1.54) is 0 Å². The van der Waals surface area contributed by atoms with E-state index in [4.69, 9.17) is 5.73 Å². The van der Waals surface area contributed by atoms with Gasteiger partial charge >= 0.3 is 0 Å². The van der Waals surface area contributed by atoms with Crippen molar-refractivity contribution in [1.29, 1.82) is 0 Å². The van der Waals surface area contributed by atoms with E-state index in [-0.39, 0.29) is 5.95 Å². The molecule has 138 valence electrons. The van der Waals surface area contributed by atoms with Gasteiger partial charge in [-0.3, -0.25) is 0 Å². The highest BCUT2D eigenvalue weighted by Crippen LogP contribution is 2.34. The van der Waals surface area contributed by atoms with Crippen molar-refractivity contribution in [3.63, 3.8) is 0 Å². The van der Waals surface area contributed by atoms with Crippen molar-refractivity contribution < 1.29 is 10.2 Å². The molecule has 3 aromatic rings. The highest BCUT2D eigenvalue weighted by Gasteiger charge is 2.38. The molecule has 0 radical (unpaired) electrons. The van der Waals surface area contributed by atoms with Crippen LogP contribution in [0.15, 0.2) is 30.7 Å². The minimum absolute atomic E-state index is 0.195. The number of pyridine rings is 1. The van der Waals surface area contributed by atoms with E-state index in [2.05, 4.69) is 26.8 Å². The Morgan fingerprint density at radius 1 is 1.33 bits per heavy atom. The second kappa shape index (κ2) is 6.05. The average molecular weight is 363 g/mol. The van der Waals surface area contributed by atoms with Crippen LogP contribution in [0, 0.1) is 11.8 Å². The summed E-state index contributed by atoms with van der Waals surface area (Å²) < 4.78 is 1.95. The molecule has 1 fully saturated rings. The second-order valence-corrected chi connectivity index (χ2v) is 7.65. The van der Waals surface area contributed by atoms with Gasteiger partial charge in [-0.2, -0.15) is 0 Å². The molecule has 0 spiro atoms. The van der Waals surface area contributed by atoms with Gasteiger partial charge < -0.3 is 20.5 Å². The lowest BCUT2D eigenvalue weighted by Gasteiger charge is -2.18. The molecule has 4 rings (SSSR count). The van der Waals surface area contributed by atoms with Gasteiger partial charge in [-0.05, 0) is 44.7 Å². The third kappa shape index (κ3) is 3.77. The molecule has 0 bridgehead atoms. The predicted octanol–water partition coefficient (Wildman–Crippen LogP) is 1.72. The average Bonchev–Trinajstić information content (AvgIpc) is 3.23. The quantitative estimate of drug-likeness (QED) is 0.611. The first-order valence-corrected chi connectivity index (χ1v) is 8.78. The summed E-state index contributed by atoms with van der Waals surface area (Å²) in [7, 11) is 0. The molecule has 7 nitrogen and oxygen atoms in total. The number of nitrogens with two attached hydrogens (primary N) is 1. The summed E-state index contributed by atoms with van der Waals surface area (Å²) in [5.74, 6) is 6.03. The van der Waals surface area contributed by atoms with Gasteiger partial charge in [0.15, 0.2) is 0 Å². The predicted molar refractivity (Wildman–Crippen MR) is 103 cm³/mol. The summed E-state index contributed by atoms with van der Waals surface area (Å²) in [5.41, 5.74) is 6.99. The van der Waals surface area contributed by atoms with E-state index < -0.39 is 11.2 Å². The van der Waals surface area contributed by atoms with Crippen LogP contribution in [0.25, 0.3) is 22.2 Å². The Morgan fingerprint density at radius 3 is 2.78 bits per heavy atom. The number of aromatic nitrogens is 4. The van der Waals surface area contributed by atoms with Gasteiger partial charge in [-0.15, -0.1) is 0 Å². The molecule has 0 atom stereocenters. The van der Waals surface area contributed by atoms with Crippen LogP contribution in [0.2, 0.25) is 0 Å². The van der Waals surface area contributed by atoms with Gasteiger partial charge in [0, 0.05) is 23.3 Å². The lowest BCUT2D eigenvalue weighted by Crippen LogP contribution is -2.25. The number of hydrogen-bond donors (Lipinski definition) is 3. The van der Waals surface area contributed by atoms with Crippen molar-refractivity contribution in [2.24, 2.45) is 0 Å². The Hall–Kier alpha value is -2.95. The summed E-state index contributed by atoms with van der Waals surface area (Å²) in [4.78, 5) is 12.7. The van der Waals surface area contributed by atoms with Crippen molar-refractivity contribution in [3.8, 4) is 23.1 Å². The first-order chi connectivity index (χ1) is 12.7. The fourth-order valence-electron chi connectivity index (χ4n) is 2.96. The summed E-state index contributed by atoms with van der Waals surface area (Å²) in [6, 6.07) is 3.67. The number of aliphatic hydroxyl groups is 2. The van der Waals surface area contributed by atoms with Crippen LogP contribution in [0.4, 0.5) is 5.95 Å². The van der Waals surface area contributed by atoms with Gasteiger partial charge in [0.2, 0.25) is 5.95 Å². The van der Waals surface area contributed by atoms with Crippen molar-refractivity contribution in [3.05, 3.63) is 36.4 Å². The molecular weight excluding hydrogens is 342 g/mol. The second-order valence-electron chi connectivity index (χ2n) is 7.65. The first kappa shape index (κ1) is 17.5. The molecule has 27 heavy (non-hydrogen) atoms. The Balaban J connectivity index is 1.86. The Morgan fingerprint density at radius 2 is 2.11 bits per heavy atom. The number of nitrogen functional groups attached to an aromatic ring is 1. The summed E-state index contributed by atoms with van der Waals surface area (Å²) in [6.07, 6.45) is 6.68. The van der Waals surface area contributed by atoms with Crippen LogP contribution in [-0.2, 0) is 6.54 Å². The van der Waals surface area contributed by atoms with Crippen LogP contribution in [0.1, 0.15) is 32.4 Å². The summed E-state index contributed by atoms with van der Waals surface area (Å²) >= 11 is 0. The molecular formula is C20H21N5O2. The first-order valence-electron chi connectivity index (χ1n) is 8.78. The molecule has 7 heteroatoms.